The van der Waals surface area contributed by atoms with Gasteiger partial charge in [0.1, 0.15) is 13.1 Å². The van der Waals surface area contributed by atoms with Crippen LogP contribution in [-0.2, 0) is 20.9 Å². The van der Waals surface area contributed by atoms with Crippen LogP contribution in [0, 0.1) is 0 Å². The van der Waals surface area contributed by atoms with Gasteiger partial charge in [-0.1, -0.05) is 60.7 Å². The summed E-state index contributed by atoms with van der Waals surface area (Å²) in [5.74, 6) is -1.03. The Morgan fingerprint density at radius 3 is 2.38 bits per heavy atom. The maximum atomic E-state index is 13.4. The standard InChI is InChI=1S/C23H20N4O3S2/c1-16(28)25-13-21(30)27(23(25)31)14-20(29)26(12-17-8-4-2-5-9-17)22-24-19(15-32-22)18-10-6-3-7-11-18/h2-11,15H,12-14H2,1H3. The summed E-state index contributed by atoms with van der Waals surface area (Å²) < 4.78 is 0. The minimum Gasteiger partial charge on any atom is -0.282 e. The molecular formula is C23H20N4O3S2. The number of carbonyl (C=O) groups excluding carboxylic acids is 3. The number of hydrogen-bond donors (Lipinski definition) is 0. The molecule has 1 aromatic heterocycles. The summed E-state index contributed by atoms with van der Waals surface area (Å²) >= 11 is 6.62. The van der Waals surface area contributed by atoms with Crippen molar-refractivity contribution in [2.75, 3.05) is 18.0 Å². The molecule has 1 fully saturated rings. The van der Waals surface area contributed by atoms with Crippen LogP contribution in [0.1, 0.15) is 12.5 Å². The Hall–Kier alpha value is -3.43. The quantitative estimate of drug-likeness (QED) is 0.524. The van der Waals surface area contributed by atoms with Gasteiger partial charge in [-0.25, -0.2) is 4.98 Å². The monoisotopic (exact) mass is 464 g/mol. The Labute approximate surface area is 194 Å². The summed E-state index contributed by atoms with van der Waals surface area (Å²) in [7, 11) is 0. The Morgan fingerprint density at radius 1 is 1.09 bits per heavy atom. The Kier molecular flexibility index (Phi) is 6.38. The average molecular weight is 465 g/mol. The number of anilines is 1. The van der Waals surface area contributed by atoms with Crippen LogP contribution >= 0.6 is 23.6 Å². The molecule has 3 aromatic rings. The van der Waals surface area contributed by atoms with Crippen LogP contribution in [0.4, 0.5) is 5.13 Å². The number of hydrogen-bond acceptors (Lipinski definition) is 6. The van der Waals surface area contributed by atoms with Crippen molar-refractivity contribution in [2.24, 2.45) is 0 Å². The molecule has 1 saturated heterocycles. The highest BCUT2D eigenvalue weighted by Crippen LogP contribution is 2.29. The first kappa shape index (κ1) is 21.8. The minimum absolute atomic E-state index is 0.0552. The third-order valence-electron chi connectivity index (χ3n) is 5.01. The number of benzene rings is 2. The molecule has 2 heterocycles. The van der Waals surface area contributed by atoms with Crippen molar-refractivity contribution in [1.29, 1.82) is 0 Å². The smallest absolute Gasteiger partial charge is 0.249 e. The fourth-order valence-electron chi connectivity index (χ4n) is 3.32. The molecule has 0 saturated carbocycles. The lowest BCUT2D eigenvalue weighted by Crippen LogP contribution is -2.43. The fraction of sp³-hybridized carbons (Fsp3) is 0.174. The highest BCUT2D eigenvalue weighted by atomic mass is 32.1. The molecule has 0 N–H and O–H groups in total. The van der Waals surface area contributed by atoms with Crippen molar-refractivity contribution in [3.8, 4) is 11.3 Å². The molecule has 0 radical (unpaired) electrons. The van der Waals surface area contributed by atoms with Crippen LogP contribution in [0.25, 0.3) is 11.3 Å². The van der Waals surface area contributed by atoms with Gasteiger partial charge in [-0.3, -0.25) is 29.1 Å². The predicted molar refractivity (Wildman–Crippen MR) is 127 cm³/mol. The van der Waals surface area contributed by atoms with Gasteiger partial charge in [0.05, 0.1) is 12.2 Å². The normalized spacial score (nSPS) is 13.5. The van der Waals surface area contributed by atoms with E-state index in [4.69, 9.17) is 12.2 Å². The highest BCUT2D eigenvalue weighted by molar-refractivity contribution is 7.80. The largest absolute Gasteiger partial charge is 0.282 e. The van der Waals surface area contributed by atoms with Crippen LogP contribution < -0.4 is 4.90 Å². The van der Waals surface area contributed by atoms with E-state index in [1.54, 1.807) is 4.90 Å². The lowest BCUT2D eigenvalue weighted by molar-refractivity contribution is -0.131. The molecule has 0 bridgehead atoms. The highest BCUT2D eigenvalue weighted by Gasteiger charge is 2.37. The van der Waals surface area contributed by atoms with Crippen molar-refractivity contribution < 1.29 is 14.4 Å². The van der Waals surface area contributed by atoms with Crippen LogP contribution in [0.5, 0.6) is 0 Å². The first-order chi connectivity index (χ1) is 15.4. The SMILES string of the molecule is CC(=O)N1CC(=O)N(CC(=O)N(Cc2ccccc2)c2nc(-c3ccccc3)cs2)C1=S. The van der Waals surface area contributed by atoms with Gasteiger partial charge in [-0.15, -0.1) is 11.3 Å². The molecule has 0 aliphatic carbocycles. The van der Waals surface area contributed by atoms with Gasteiger partial charge < -0.3 is 0 Å². The average Bonchev–Trinajstić information content (AvgIpc) is 3.39. The molecule has 0 spiro atoms. The molecule has 3 amide bonds. The minimum atomic E-state index is -0.373. The van der Waals surface area contributed by atoms with Crippen LogP contribution in [0.2, 0.25) is 0 Å². The van der Waals surface area contributed by atoms with Crippen molar-refractivity contribution >= 4 is 51.5 Å². The second-order valence-electron chi connectivity index (χ2n) is 7.21. The Bertz CT molecular complexity index is 1160. The van der Waals surface area contributed by atoms with Crippen molar-refractivity contribution in [2.45, 2.75) is 13.5 Å². The van der Waals surface area contributed by atoms with Gasteiger partial charge in [-0.05, 0) is 17.8 Å². The summed E-state index contributed by atoms with van der Waals surface area (Å²) in [5, 5.41) is 2.48. The lowest BCUT2D eigenvalue weighted by atomic mass is 10.2. The molecule has 32 heavy (non-hydrogen) atoms. The number of carbonyl (C=O) groups is 3. The van der Waals surface area contributed by atoms with E-state index in [1.807, 2.05) is 66.0 Å². The van der Waals surface area contributed by atoms with Crippen molar-refractivity contribution in [3.63, 3.8) is 0 Å². The Balaban J connectivity index is 1.61. The van der Waals surface area contributed by atoms with Gasteiger partial charge in [0.25, 0.3) is 0 Å². The maximum Gasteiger partial charge on any atom is 0.249 e. The number of nitrogens with zero attached hydrogens (tertiary/aromatic N) is 4. The number of thiazole rings is 1. The molecule has 9 heteroatoms. The van der Waals surface area contributed by atoms with Crippen LogP contribution in [0.15, 0.2) is 66.0 Å². The molecule has 0 atom stereocenters. The van der Waals surface area contributed by atoms with Crippen LogP contribution in [-0.4, -0.2) is 50.7 Å². The number of aromatic nitrogens is 1. The second kappa shape index (κ2) is 9.37. The van der Waals surface area contributed by atoms with E-state index in [0.29, 0.717) is 11.7 Å². The molecule has 162 valence electrons. The predicted octanol–water partition coefficient (Wildman–Crippen LogP) is 3.32. The van der Waals surface area contributed by atoms with E-state index in [-0.39, 0.29) is 35.9 Å². The van der Waals surface area contributed by atoms with E-state index in [0.717, 1.165) is 16.8 Å². The first-order valence-electron chi connectivity index (χ1n) is 9.91. The molecule has 4 rings (SSSR count). The number of rotatable bonds is 6. The zero-order valence-corrected chi connectivity index (χ0v) is 18.9. The van der Waals surface area contributed by atoms with E-state index in [2.05, 4.69) is 4.98 Å². The summed E-state index contributed by atoms with van der Waals surface area (Å²) in [5.41, 5.74) is 2.65. The number of thiocarbonyl (C=S) groups is 1. The lowest BCUT2D eigenvalue weighted by Gasteiger charge is -2.24. The van der Waals surface area contributed by atoms with Gasteiger partial charge >= 0.3 is 0 Å². The summed E-state index contributed by atoms with van der Waals surface area (Å²) in [6, 6.07) is 19.3. The van der Waals surface area contributed by atoms with Crippen LogP contribution in [0.3, 0.4) is 0 Å². The van der Waals surface area contributed by atoms with Gasteiger partial charge in [-0.2, -0.15) is 0 Å². The Morgan fingerprint density at radius 2 is 1.75 bits per heavy atom. The maximum absolute atomic E-state index is 13.4. The molecular weight excluding hydrogens is 444 g/mol. The molecule has 0 unspecified atom stereocenters. The van der Waals surface area contributed by atoms with E-state index in [9.17, 15) is 14.4 Å². The van der Waals surface area contributed by atoms with Crippen molar-refractivity contribution in [3.05, 3.63) is 71.6 Å². The van der Waals surface area contributed by atoms with Crippen molar-refractivity contribution in [1.82, 2.24) is 14.8 Å². The number of amides is 3. The zero-order chi connectivity index (χ0) is 22.7. The van der Waals surface area contributed by atoms with E-state index >= 15 is 0 Å². The third-order valence-corrected chi connectivity index (χ3v) is 6.31. The topological polar surface area (TPSA) is 73.8 Å². The summed E-state index contributed by atoms with van der Waals surface area (Å²) in [4.78, 5) is 46.1. The molecule has 1 aliphatic heterocycles. The second-order valence-corrected chi connectivity index (χ2v) is 8.42. The van der Waals surface area contributed by atoms with Gasteiger partial charge in [0, 0.05) is 17.9 Å². The van der Waals surface area contributed by atoms with Gasteiger partial charge in [0.15, 0.2) is 10.2 Å². The molecule has 1 aliphatic rings. The first-order valence-corrected chi connectivity index (χ1v) is 11.2. The van der Waals surface area contributed by atoms with E-state index < -0.39 is 0 Å². The zero-order valence-electron chi connectivity index (χ0n) is 17.3. The molecule has 7 nitrogen and oxygen atoms in total. The van der Waals surface area contributed by atoms with E-state index in [1.165, 1.54) is 28.1 Å². The van der Waals surface area contributed by atoms with Gasteiger partial charge in [0.2, 0.25) is 17.7 Å². The summed E-state index contributed by atoms with van der Waals surface area (Å²) in [6.45, 7) is 1.24. The molecule has 2 aromatic carbocycles. The fourth-order valence-corrected chi connectivity index (χ4v) is 4.53. The third kappa shape index (κ3) is 4.58. The summed E-state index contributed by atoms with van der Waals surface area (Å²) in [6.07, 6.45) is 0.